The number of ether oxygens (including phenoxy) is 6. The number of nitrogens with one attached hydrogen (secondary N) is 2. The summed E-state index contributed by atoms with van der Waals surface area (Å²) in [6, 6.07) is 55.8. The van der Waals surface area contributed by atoms with Crippen LogP contribution in [-0.2, 0) is 41.9 Å². The minimum absolute atomic E-state index is 0. The van der Waals surface area contributed by atoms with Crippen molar-refractivity contribution in [3.8, 4) is 63.5 Å². The lowest BCUT2D eigenvalue weighted by Crippen LogP contribution is -2.40. The Kier molecular flexibility index (Phi) is 35.2. The van der Waals surface area contributed by atoms with E-state index in [1.54, 1.807) is 90.9 Å². The highest BCUT2D eigenvalue weighted by Gasteiger charge is 2.48. The lowest BCUT2D eigenvalue weighted by molar-refractivity contribution is -0.148. The molecule has 32 nitrogen and oxygen atoms in total. The first-order valence-corrected chi connectivity index (χ1v) is 43.0. The normalized spacial score (nSPS) is 15.3. The lowest BCUT2D eigenvalue weighted by atomic mass is 9.69. The van der Waals surface area contributed by atoms with E-state index in [4.69, 9.17) is 76.8 Å². The van der Waals surface area contributed by atoms with Gasteiger partial charge in [0.2, 0.25) is 33.8 Å². The Balaban J connectivity index is 0.000000177. The molecule has 0 bridgehead atoms. The standard InChI is InChI=1S/C30H28FN5O4S.C27H26N2O5.C16H14ClNO3.C11H14BNO4.C3H4FN3S.C2H2FN.CH5N3S.CH4/c1-30(2,28(38)33-29-35-34-24(17-31)41-29)25-20-5-3-4-6-23(20)40-26-21(25)11-12-22(32-26)18-7-9-19(10-8-18)27(37)36-13-15-39-16-14-36;1-27(2,26(31)32)23-19-5-3-4-6-22(19)34-24-20(23)11-12-21(28-24)17-7-9-18(10-8-17)25(30)29-13-15-33-16-14-29;1-16(2,15(19)20)13-9-5-3-4-6-11(9)21-14-10(13)7-8-12(17)18-14;14-11(13-5-7-17-8-6-13)9-1-3-10(4-2-9)12(15)16;4-1-2-6-7-3(5)8-2;3-1-2-4;2-1(5)4-3;/h3-12,25H,13-17H2,1-2H3,(H,33,35,38);3-12,23H,13-16H2,1-2H3,(H,31,32);3-8,13H,1-2H3,(H,19,20);1-4,15-16H,5-8H2;1H2,(H2,5,7);1H2;3H2,(H3,2,4,5);1H4/t25-;23-;13-;;;;;/m000...../s1. The molecule has 11 aromatic rings. The zero-order valence-corrected chi connectivity index (χ0v) is 74.5. The van der Waals surface area contributed by atoms with Crippen LogP contribution in [0.5, 0.6) is 34.9 Å². The van der Waals surface area contributed by atoms with Gasteiger partial charge in [-0.15, -0.1) is 20.4 Å². The van der Waals surface area contributed by atoms with Crippen molar-refractivity contribution in [2.75, 3.05) is 96.6 Å². The molecule has 6 aliphatic heterocycles. The number of hydrogen-bond acceptors (Lipinski definition) is 27. The average molecular weight is 1870 g/mol. The van der Waals surface area contributed by atoms with Gasteiger partial charge < -0.3 is 85.6 Å². The van der Waals surface area contributed by atoms with Crippen molar-refractivity contribution in [1.29, 1.82) is 5.26 Å². The van der Waals surface area contributed by atoms with Crippen molar-refractivity contribution in [2.45, 2.75) is 80.1 Å². The van der Waals surface area contributed by atoms with Crippen LogP contribution in [0, 0.1) is 27.6 Å². The van der Waals surface area contributed by atoms with Crippen LogP contribution in [0.15, 0.2) is 182 Å². The fourth-order valence-electron chi connectivity index (χ4n) is 14.7. The van der Waals surface area contributed by atoms with Gasteiger partial charge in [0, 0.05) is 118 Å². The molecule has 3 atom stereocenters. The third-order valence-corrected chi connectivity index (χ3v) is 23.4. The van der Waals surface area contributed by atoms with Crippen molar-refractivity contribution in [3.05, 3.63) is 247 Å². The molecule has 0 spiro atoms. The summed E-state index contributed by atoms with van der Waals surface area (Å²) in [5, 5.41) is 63.5. The largest absolute Gasteiger partial charge is 0.488 e. The summed E-state index contributed by atoms with van der Waals surface area (Å²) >= 11 is 12.2. The molecule has 40 heteroatoms. The maximum absolute atomic E-state index is 13.6. The number of nitriles is 1. The van der Waals surface area contributed by atoms with E-state index < -0.39 is 61.2 Å². The van der Waals surface area contributed by atoms with E-state index in [0.29, 0.717) is 163 Å². The van der Waals surface area contributed by atoms with Crippen LogP contribution >= 0.6 is 46.5 Å². The first kappa shape index (κ1) is 100. The summed E-state index contributed by atoms with van der Waals surface area (Å²) in [7, 11) is -1.50. The second-order valence-corrected chi connectivity index (χ2v) is 34.1. The van der Waals surface area contributed by atoms with Gasteiger partial charge in [0.25, 0.3) is 17.7 Å². The molecule has 3 saturated heterocycles. The number of hydrazine groups is 1. The number of carbonyl (C=O) groups excluding carboxylic acids is 4. The number of aromatic nitrogens is 7. The molecule has 4 amide bonds. The van der Waals surface area contributed by atoms with Crippen molar-refractivity contribution in [1.82, 2.24) is 55.5 Å². The molecule has 17 rings (SSSR count). The molecular formula is C91H97BClF3N16O16S3. The zero-order chi connectivity index (χ0) is 93.6. The number of carbonyl (C=O) groups is 6. The van der Waals surface area contributed by atoms with Gasteiger partial charge in [0.15, 0.2) is 11.8 Å². The SMILES string of the molecule is C.CC(C)(C(=O)Nc1nnc(CF)s1)[C@H]1c2ccccc2Oc2nc(-c3ccc(C(=O)N4CCOCC4)cc3)ccc21.CC(C)(C(=O)O)[C@H]1c2ccccc2Oc2nc(-c3ccc(C(=O)N4CCOCC4)cc3)ccc21.CC(C)(C(=O)O)[C@H]1c2ccccc2Oc2nc(Cl)ccc21.N#CCF.NNC(N)=S.Nc1nnc(CF)s1.O=C(c1ccc(B(O)O)cc1)N1CCOCC1. The molecule has 3 fully saturated rings. The minimum atomic E-state index is -1.50. The second-order valence-electron chi connectivity index (χ2n) is 31.1. The number of alkyl halides is 3. The number of carboxylic acids is 2. The molecule has 5 aromatic heterocycles. The molecule has 11 heterocycles. The number of benzene rings is 6. The molecule has 0 radical (unpaired) electrons. The number of anilines is 2. The second kappa shape index (κ2) is 46.0. The molecule has 12 N–H and O–H groups in total. The lowest BCUT2D eigenvalue weighted by Gasteiger charge is -2.37. The number of nitrogen functional groups attached to an aromatic ring is 1. The molecule has 0 aliphatic carbocycles. The van der Waals surface area contributed by atoms with E-state index in [-0.39, 0.29) is 58.1 Å². The highest BCUT2D eigenvalue weighted by molar-refractivity contribution is 7.80. The van der Waals surface area contributed by atoms with Crippen LogP contribution in [0.4, 0.5) is 23.4 Å². The van der Waals surface area contributed by atoms with Crippen LogP contribution in [0.25, 0.3) is 22.5 Å². The first-order valence-electron chi connectivity index (χ1n) is 40.6. The van der Waals surface area contributed by atoms with E-state index in [0.717, 1.165) is 67.2 Å². The maximum atomic E-state index is 13.6. The third kappa shape index (κ3) is 24.8. The predicted octanol–water partition coefficient (Wildman–Crippen LogP) is 13.3. The molecular weight excluding hydrogens is 1770 g/mol. The number of para-hydroxylation sites is 3. The average Bonchev–Trinajstić information content (AvgIpc) is 1.31. The topological polar surface area (TPSA) is 465 Å². The molecule has 6 aromatic carbocycles. The zero-order valence-electron chi connectivity index (χ0n) is 71.3. The van der Waals surface area contributed by atoms with E-state index >= 15 is 0 Å². The van der Waals surface area contributed by atoms with Crippen LogP contribution in [0.2, 0.25) is 5.15 Å². The Hall–Kier alpha value is -13.0. The van der Waals surface area contributed by atoms with Gasteiger partial charge in [-0.2, -0.15) is 5.26 Å². The third-order valence-electron chi connectivity index (χ3n) is 21.5. The summed E-state index contributed by atoms with van der Waals surface area (Å²) in [6.07, 6.45) is 0. The summed E-state index contributed by atoms with van der Waals surface area (Å²) in [5.74, 6) is 4.47. The summed E-state index contributed by atoms with van der Waals surface area (Å²) in [4.78, 5) is 94.1. The Morgan fingerprint density at radius 1 is 0.511 bits per heavy atom. The van der Waals surface area contributed by atoms with E-state index in [1.807, 2.05) is 153 Å². The Labute approximate surface area is 772 Å². The monoisotopic (exact) mass is 1870 g/mol. The van der Waals surface area contributed by atoms with E-state index in [2.05, 4.69) is 48.8 Å². The van der Waals surface area contributed by atoms with Gasteiger partial charge in [-0.05, 0) is 124 Å². The Bertz CT molecular complexity index is 5870. The molecule has 0 saturated carbocycles. The Morgan fingerprint density at radius 3 is 1.17 bits per heavy atom. The number of nitrogens with zero attached hydrogens (tertiary/aromatic N) is 11. The van der Waals surface area contributed by atoms with Gasteiger partial charge in [-0.3, -0.25) is 28.8 Å². The maximum Gasteiger partial charge on any atom is 0.488 e. The number of hydrogen-bond donors (Lipinski definition) is 9. The van der Waals surface area contributed by atoms with Crippen LogP contribution < -0.4 is 47.7 Å². The summed E-state index contributed by atoms with van der Waals surface area (Å²) in [6.45, 7) is 15.3. The van der Waals surface area contributed by atoms with Gasteiger partial charge in [-0.25, -0.2) is 34.0 Å². The highest BCUT2D eigenvalue weighted by atomic mass is 35.5. The predicted molar refractivity (Wildman–Crippen MR) is 492 cm³/mol. The summed E-state index contributed by atoms with van der Waals surface area (Å²) < 4.78 is 68.9. The fraction of sp³-hybridized carbons (Fsp3) is 0.308. The van der Waals surface area contributed by atoms with Gasteiger partial charge >= 0.3 is 19.1 Å². The summed E-state index contributed by atoms with van der Waals surface area (Å²) in [5.41, 5.74) is 19.0. The molecule has 0 unspecified atom stereocenters. The van der Waals surface area contributed by atoms with Gasteiger partial charge in [-0.1, -0.05) is 159 Å². The Morgan fingerprint density at radius 2 is 0.847 bits per heavy atom. The van der Waals surface area contributed by atoms with Crippen molar-refractivity contribution in [3.63, 3.8) is 0 Å². The van der Waals surface area contributed by atoms with Crippen LogP contribution in [0.3, 0.4) is 0 Å². The number of nitrogens with two attached hydrogens (primary N) is 3. The smallest absolute Gasteiger partial charge is 0.481 e. The van der Waals surface area contributed by atoms with Gasteiger partial charge in [0.1, 0.15) is 45.8 Å². The number of halogens is 4. The van der Waals surface area contributed by atoms with Crippen molar-refractivity contribution >= 4 is 110 Å². The minimum Gasteiger partial charge on any atom is -0.481 e. The highest BCUT2D eigenvalue weighted by Crippen LogP contribution is 2.55. The first-order chi connectivity index (χ1) is 62.3. The number of thiocarbonyl (C=S) groups is 1. The van der Waals surface area contributed by atoms with E-state index in [1.165, 1.54) is 6.07 Å². The number of pyridine rings is 3. The van der Waals surface area contributed by atoms with Crippen molar-refractivity contribution in [2.24, 2.45) is 27.8 Å². The molecule has 131 heavy (non-hydrogen) atoms. The van der Waals surface area contributed by atoms with Crippen LogP contribution in [-0.4, -0.2) is 204 Å². The quantitative estimate of drug-likeness (QED) is 0.0151. The van der Waals surface area contributed by atoms with Crippen molar-refractivity contribution < 1.29 is 90.6 Å². The molecule has 686 valence electrons. The number of fused-ring (bicyclic) bond motifs is 6. The van der Waals surface area contributed by atoms with E-state index in [9.17, 15) is 52.2 Å². The number of amides is 4. The van der Waals surface area contributed by atoms with Crippen LogP contribution in [0.1, 0.15) is 141 Å². The number of carboxylic acid groups (broad SMARTS) is 2. The van der Waals surface area contributed by atoms with Gasteiger partial charge in [0.05, 0.1) is 73.3 Å². The fourth-order valence-corrected chi connectivity index (χ4v) is 15.9. The number of aliphatic carboxylic acids is 2. The number of morpholine rings is 3. The number of rotatable bonds is 15. The molecule has 6 aliphatic rings.